The molecule has 2 fully saturated rings. The minimum Gasteiger partial charge on any atom is -0.308 e. The number of rotatable bonds is 5. The molecule has 0 bridgehead atoms. The quantitative estimate of drug-likeness (QED) is 0.894. The molecule has 1 aromatic heterocycles. The summed E-state index contributed by atoms with van der Waals surface area (Å²) in [6, 6.07) is 7.21. The van der Waals surface area contributed by atoms with Crippen molar-refractivity contribution in [2.24, 2.45) is 5.41 Å². The van der Waals surface area contributed by atoms with Crippen LogP contribution in [0.15, 0.2) is 18.2 Å². The van der Waals surface area contributed by atoms with Crippen LogP contribution in [0.5, 0.6) is 0 Å². The summed E-state index contributed by atoms with van der Waals surface area (Å²) >= 11 is 0. The number of nitrogens with one attached hydrogen (secondary N) is 1. The molecule has 20 heavy (non-hydrogen) atoms. The molecule has 3 rings (SSSR count). The van der Waals surface area contributed by atoms with Crippen LogP contribution in [0.1, 0.15) is 50.9 Å². The third kappa shape index (κ3) is 4.03. The fourth-order valence-electron chi connectivity index (χ4n) is 3.16. The zero-order chi connectivity index (χ0) is 14.0. The molecule has 0 radical (unpaired) electrons. The molecule has 2 aliphatic rings. The Hall–Kier alpha value is -0.930. The zero-order valence-electron chi connectivity index (χ0n) is 12.9. The van der Waals surface area contributed by atoms with Gasteiger partial charge < -0.3 is 5.32 Å². The topological polar surface area (TPSA) is 28.2 Å². The predicted molar refractivity (Wildman–Crippen MR) is 82.4 cm³/mol. The summed E-state index contributed by atoms with van der Waals surface area (Å²) in [5.74, 6) is 0. The molecule has 0 atom stereocenters. The number of piperidine rings is 1. The van der Waals surface area contributed by atoms with Gasteiger partial charge in [-0.2, -0.15) is 0 Å². The highest BCUT2D eigenvalue weighted by atomic mass is 15.1. The number of likely N-dealkylation sites (tertiary alicyclic amines) is 1. The number of aromatic nitrogens is 1. The lowest BCUT2D eigenvalue weighted by Gasteiger charge is -2.37. The van der Waals surface area contributed by atoms with E-state index in [4.69, 9.17) is 4.98 Å². The highest BCUT2D eigenvalue weighted by molar-refractivity contribution is 5.11. The fraction of sp³-hybridized carbons (Fsp3) is 0.706. The number of hydrogen-bond acceptors (Lipinski definition) is 3. The Morgan fingerprint density at radius 3 is 2.85 bits per heavy atom. The second kappa shape index (κ2) is 5.82. The Labute approximate surface area is 122 Å². The van der Waals surface area contributed by atoms with E-state index >= 15 is 0 Å². The lowest BCUT2D eigenvalue weighted by molar-refractivity contribution is 0.110. The highest BCUT2D eigenvalue weighted by Crippen LogP contribution is 2.29. The van der Waals surface area contributed by atoms with Crippen LogP contribution in [0.3, 0.4) is 0 Å². The molecule has 110 valence electrons. The summed E-state index contributed by atoms with van der Waals surface area (Å²) in [4.78, 5) is 7.37. The normalized spacial score (nSPS) is 22.9. The summed E-state index contributed by atoms with van der Waals surface area (Å²) in [7, 11) is 0. The van der Waals surface area contributed by atoms with Gasteiger partial charge in [-0.3, -0.25) is 9.88 Å². The van der Waals surface area contributed by atoms with Gasteiger partial charge in [0.05, 0.1) is 11.4 Å². The summed E-state index contributed by atoms with van der Waals surface area (Å²) in [5, 5.41) is 3.54. The van der Waals surface area contributed by atoms with Crippen molar-refractivity contribution in [2.75, 3.05) is 13.1 Å². The molecule has 1 N–H and O–H groups in total. The Bertz CT molecular complexity index is 451. The van der Waals surface area contributed by atoms with Crippen LogP contribution in [-0.2, 0) is 13.1 Å². The first-order valence-electron chi connectivity index (χ1n) is 8.01. The summed E-state index contributed by atoms with van der Waals surface area (Å²) in [5.41, 5.74) is 2.87. The third-order valence-corrected chi connectivity index (χ3v) is 4.38. The summed E-state index contributed by atoms with van der Waals surface area (Å²) < 4.78 is 0. The maximum absolute atomic E-state index is 4.81. The van der Waals surface area contributed by atoms with Crippen molar-refractivity contribution >= 4 is 0 Å². The van der Waals surface area contributed by atoms with Crippen LogP contribution in [-0.4, -0.2) is 29.0 Å². The minimum absolute atomic E-state index is 0.462. The maximum atomic E-state index is 4.81. The van der Waals surface area contributed by atoms with E-state index in [1.54, 1.807) is 0 Å². The number of pyridine rings is 1. The lowest BCUT2D eigenvalue weighted by atomic mass is 9.84. The number of nitrogens with zero attached hydrogens (tertiary/aromatic N) is 2. The lowest BCUT2D eigenvalue weighted by Crippen LogP contribution is -2.39. The first-order valence-corrected chi connectivity index (χ1v) is 8.01. The van der Waals surface area contributed by atoms with E-state index in [9.17, 15) is 0 Å². The van der Waals surface area contributed by atoms with Crippen molar-refractivity contribution in [3.05, 3.63) is 29.6 Å². The van der Waals surface area contributed by atoms with E-state index < -0.39 is 0 Å². The molecular weight excluding hydrogens is 246 g/mol. The Morgan fingerprint density at radius 1 is 1.30 bits per heavy atom. The average Bonchev–Trinajstić information content (AvgIpc) is 3.19. The molecule has 0 unspecified atom stereocenters. The Morgan fingerprint density at radius 2 is 2.10 bits per heavy atom. The van der Waals surface area contributed by atoms with Crippen LogP contribution in [0, 0.1) is 5.41 Å². The molecular formula is C17H27N3. The molecule has 3 nitrogen and oxygen atoms in total. The molecule has 1 aromatic rings. The van der Waals surface area contributed by atoms with E-state index in [0.29, 0.717) is 5.41 Å². The molecule has 1 saturated heterocycles. The molecule has 1 saturated carbocycles. The molecule has 1 aliphatic carbocycles. The van der Waals surface area contributed by atoms with E-state index in [1.165, 1.54) is 50.2 Å². The van der Waals surface area contributed by atoms with Gasteiger partial charge in [-0.15, -0.1) is 0 Å². The van der Waals surface area contributed by atoms with E-state index in [0.717, 1.165) is 19.1 Å². The van der Waals surface area contributed by atoms with Gasteiger partial charge in [0.15, 0.2) is 0 Å². The zero-order valence-corrected chi connectivity index (χ0v) is 12.9. The van der Waals surface area contributed by atoms with Crippen LogP contribution in [0.2, 0.25) is 0 Å². The van der Waals surface area contributed by atoms with Gasteiger partial charge in [-0.05, 0) is 49.8 Å². The molecule has 0 aromatic carbocycles. The predicted octanol–water partition coefficient (Wildman–Crippen LogP) is 2.96. The minimum atomic E-state index is 0.462. The standard InChI is InChI=1S/C17H27N3/c1-17(2)9-4-10-20(13-17)12-16-6-3-5-15(19-16)11-18-14-7-8-14/h3,5-6,14,18H,4,7-13H2,1-2H3. The van der Waals surface area contributed by atoms with Crippen molar-refractivity contribution in [1.82, 2.24) is 15.2 Å². The number of hydrogen-bond donors (Lipinski definition) is 1. The van der Waals surface area contributed by atoms with Crippen LogP contribution in [0.25, 0.3) is 0 Å². The highest BCUT2D eigenvalue weighted by Gasteiger charge is 2.26. The first kappa shape index (κ1) is 14.0. The van der Waals surface area contributed by atoms with Crippen molar-refractivity contribution in [2.45, 2.75) is 58.7 Å². The summed E-state index contributed by atoms with van der Waals surface area (Å²) in [6.45, 7) is 9.09. The average molecular weight is 273 g/mol. The van der Waals surface area contributed by atoms with Gasteiger partial charge in [0, 0.05) is 25.7 Å². The second-order valence-corrected chi connectivity index (χ2v) is 7.25. The molecule has 0 amide bonds. The van der Waals surface area contributed by atoms with Crippen LogP contribution >= 0.6 is 0 Å². The molecule has 0 spiro atoms. The van der Waals surface area contributed by atoms with Crippen LogP contribution in [0.4, 0.5) is 0 Å². The van der Waals surface area contributed by atoms with Crippen molar-refractivity contribution < 1.29 is 0 Å². The molecule has 1 aliphatic heterocycles. The fourth-order valence-corrected chi connectivity index (χ4v) is 3.16. The van der Waals surface area contributed by atoms with E-state index in [1.807, 2.05) is 0 Å². The molecule has 2 heterocycles. The van der Waals surface area contributed by atoms with E-state index in [2.05, 4.69) is 42.3 Å². The monoisotopic (exact) mass is 273 g/mol. The van der Waals surface area contributed by atoms with E-state index in [-0.39, 0.29) is 0 Å². The van der Waals surface area contributed by atoms with Gasteiger partial charge in [-0.25, -0.2) is 0 Å². The largest absolute Gasteiger partial charge is 0.308 e. The Balaban J connectivity index is 1.57. The van der Waals surface area contributed by atoms with Gasteiger partial charge in [0.1, 0.15) is 0 Å². The maximum Gasteiger partial charge on any atom is 0.0547 e. The van der Waals surface area contributed by atoms with Gasteiger partial charge in [0.25, 0.3) is 0 Å². The van der Waals surface area contributed by atoms with Gasteiger partial charge in [-0.1, -0.05) is 19.9 Å². The second-order valence-electron chi connectivity index (χ2n) is 7.25. The SMILES string of the molecule is CC1(C)CCCN(Cc2cccc(CNC3CC3)n2)C1. The molecule has 3 heteroatoms. The third-order valence-electron chi connectivity index (χ3n) is 4.38. The van der Waals surface area contributed by atoms with Gasteiger partial charge >= 0.3 is 0 Å². The van der Waals surface area contributed by atoms with Gasteiger partial charge in [0.2, 0.25) is 0 Å². The van der Waals surface area contributed by atoms with Crippen molar-refractivity contribution in [3.63, 3.8) is 0 Å². The van der Waals surface area contributed by atoms with Crippen molar-refractivity contribution in [1.29, 1.82) is 0 Å². The summed E-state index contributed by atoms with van der Waals surface area (Å²) in [6.07, 6.45) is 5.34. The Kier molecular flexibility index (Phi) is 4.08. The van der Waals surface area contributed by atoms with Crippen LogP contribution < -0.4 is 5.32 Å². The smallest absolute Gasteiger partial charge is 0.0547 e. The first-order chi connectivity index (χ1) is 9.61. The van der Waals surface area contributed by atoms with Crippen molar-refractivity contribution in [3.8, 4) is 0 Å².